The van der Waals surface area contributed by atoms with Gasteiger partial charge in [-0.15, -0.1) is 5.10 Å². The van der Waals surface area contributed by atoms with Crippen molar-refractivity contribution in [3.05, 3.63) is 64.5 Å². The monoisotopic (exact) mass is 413 g/mol. The topological polar surface area (TPSA) is 73.7 Å². The van der Waals surface area contributed by atoms with Gasteiger partial charge in [0.2, 0.25) is 0 Å². The SMILES string of the molecule is CCOc1ccccc1-c1nn(C[NH+](C)Cc2ccc(C(=O)NC)cc2)c(=S)o1. The molecule has 0 radical (unpaired) electrons. The number of hydrogen-bond acceptors (Lipinski definition) is 5. The quantitative estimate of drug-likeness (QED) is 0.555. The second-order valence-corrected chi connectivity index (χ2v) is 7.02. The molecule has 0 aliphatic heterocycles. The molecule has 0 saturated carbocycles. The van der Waals surface area contributed by atoms with Crippen molar-refractivity contribution in [1.29, 1.82) is 0 Å². The molecule has 7 nitrogen and oxygen atoms in total. The van der Waals surface area contributed by atoms with Crippen LogP contribution in [0.4, 0.5) is 0 Å². The molecule has 0 saturated heterocycles. The number of quaternary nitrogens is 1. The molecule has 2 aromatic carbocycles. The predicted molar refractivity (Wildman–Crippen MR) is 112 cm³/mol. The molecule has 0 fully saturated rings. The first-order chi connectivity index (χ1) is 14.0. The normalized spacial score (nSPS) is 11.8. The van der Waals surface area contributed by atoms with Crippen LogP contribution in [0.1, 0.15) is 22.8 Å². The van der Waals surface area contributed by atoms with Crippen molar-refractivity contribution in [2.45, 2.75) is 20.1 Å². The molecule has 0 bridgehead atoms. The molecule has 2 N–H and O–H groups in total. The Labute approximate surface area is 174 Å². The largest absolute Gasteiger partial charge is 0.493 e. The van der Waals surface area contributed by atoms with Crippen molar-refractivity contribution in [3.63, 3.8) is 0 Å². The number of carbonyl (C=O) groups excluding carboxylic acids is 1. The van der Waals surface area contributed by atoms with E-state index >= 15 is 0 Å². The maximum atomic E-state index is 11.7. The molecule has 1 unspecified atom stereocenters. The zero-order chi connectivity index (χ0) is 20.8. The number of aromatic nitrogens is 2. The number of para-hydroxylation sites is 1. The zero-order valence-corrected chi connectivity index (χ0v) is 17.6. The van der Waals surface area contributed by atoms with Crippen molar-refractivity contribution in [2.75, 3.05) is 20.7 Å². The first-order valence-electron chi connectivity index (χ1n) is 9.44. The van der Waals surface area contributed by atoms with Crippen LogP contribution in [0.5, 0.6) is 5.75 Å². The number of rotatable bonds is 8. The Kier molecular flexibility index (Phi) is 6.79. The van der Waals surface area contributed by atoms with E-state index in [4.69, 9.17) is 21.4 Å². The molecular weight excluding hydrogens is 388 g/mol. The molecule has 3 rings (SSSR count). The molecular formula is C21H25N4O3S+. The maximum absolute atomic E-state index is 11.7. The second-order valence-electron chi connectivity index (χ2n) is 6.67. The van der Waals surface area contributed by atoms with E-state index in [9.17, 15) is 4.79 Å². The van der Waals surface area contributed by atoms with Gasteiger partial charge in [0.05, 0.1) is 19.2 Å². The molecule has 152 valence electrons. The summed E-state index contributed by atoms with van der Waals surface area (Å²) in [5, 5.41) is 7.17. The van der Waals surface area contributed by atoms with E-state index in [2.05, 4.69) is 17.5 Å². The van der Waals surface area contributed by atoms with Crippen LogP contribution in [0.25, 0.3) is 11.5 Å². The highest BCUT2D eigenvalue weighted by Gasteiger charge is 2.15. The molecule has 0 aliphatic rings. The van der Waals surface area contributed by atoms with Crippen LogP contribution in [-0.4, -0.2) is 36.4 Å². The second kappa shape index (κ2) is 9.49. The van der Waals surface area contributed by atoms with Crippen molar-refractivity contribution < 1.29 is 18.8 Å². The van der Waals surface area contributed by atoms with Crippen molar-refractivity contribution in [1.82, 2.24) is 15.1 Å². The van der Waals surface area contributed by atoms with Gasteiger partial charge in [-0.2, -0.15) is 4.68 Å². The summed E-state index contributed by atoms with van der Waals surface area (Å²) in [6, 6.07) is 15.2. The van der Waals surface area contributed by atoms with Gasteiger partial charge in [-0.05, 0) is 43.4 Å². The van der Waals surface area contributed by atoms with E-state index in [1.165, 1.54) is 4.90 Å². The number of amides is 1. The van der Waals surface area contributed by atoms with Gasteiger partial charge in [0.1, 0.15) is 12.3 Å². The van der Waals surface area contributed by atoms with Gasteiger partial charge >= 0.3 is 0 Å². The van der Waals surface area contributed by atoms with Crippen LogP contribution < -0.4 is 15.0 Å². The lowest BCUT2D eigenvalue weighted by atomic mass is 10.1. The molecule has 0 aliphatic carbocycles. The lowest BCUT2D eigenvalue weighted by molar-refractivity contribution is -0.917. The number of nitrogens with zero attached hydrogens (tertiary/aromatic N) is 2. The van der Waals surface area contributed by atoms with Crippen molar-refractivity contribution >= 4 is 18.1 Å². The molecule has 1 heterocycles. The van der Waals surface area contributed by atoms with E-state index in [1.54, 1.807) is 11.7 Å². The Hall–Kier alpha value is -2.97. The van der Waals surface area contributed by atoms with Crippen LogP contribution >= 0.6 is 12.2 Å². The van der Waals surface area contributed by atoms with Gasteiger partial charge in [0.25, 0.3) is 16.6 Å². The third-order valence-electron chi connectivity index (χ3n) is 4.39. The third kappa shape index (κ3) is 5.10. The van der Waals surface area contributed by atoms with E-state index in [0.29, 0.717) is 29.6 Å². The number of nitrogens with one attached hydrogen (secondary N) is 2. The van der Waals surface area contributed by atoms with Gasteiger partial charge in [-0.1, -0.05) is 24.3 Å². The first kappa shape index (κ1) is 20.8. The minimum absolute atomic E-state index is 0.0917. The fraction of sp³-hybridized carbons (Fsp3) is 0.286. The van der Waals surface area contributed by atoms with Gasteiger partial charge < -0.3 is 19.4 Å². The zero-order valence-electron chi connectivity index (χ0n) is 16.8. The number of ether oxygens (including phenoxy) is 1. The summed E-state index contributed by atoms with van der Waals surface area (Å²) in [6.07, 6.45) is 0. The van der Waals surface area contributed by atoms with Crippen molar-refractivity contribution in [2.24, 2.45) is 0 Å². The first-order valence-corrected chi connectivity index (χ1v) is 9.85. The van der Waals surface area contributed by atoms with Crippen LogP contribution in [0.2, 0.25) is 0 Å². The summed E-state index contributed by atoms with van der Waals surface area (Å²) in [5.74, 6) is 1.07. The van der Waals surface area contributed by atoms with Crippen LogP contribution in [0.15, 0.2) is 52.9 Å². The Morgan fingerprint density at radius 3 is 2.66 bits per heavy atom. The summed E-state index contributed by atoms with van der Waals surface area (Å²) >= 11 is 5.36. The van der Waals surface area contributed by atoms with Gasteiger partial charge in [0, 0.05) is 18.2 Å². The van der Waals surface area contributed by atoms with E-state index in [-0.39, 0.29) is 5.91 Å². The van der Waals surface area contributed by atoms with Crippen LogP contribution in [-0.2, 0) is 13.2 Å². The molecule has 1 amide bonds. The lowest BCUT2D eigenvalue weighted by Crippen LogP contribution is -3.07. The Bertz CT molecular complexity index is 1030. The molecule has 1 atom stereocenters. The summed E-state index contributed by atoms with van der Waals surface area (Å²) in [4.78, 5) is 13.1. The average Bonchev–Trinajstić information content (AvgIpc) is 3.08. The Morgan fingerprint density at radius 2 is 1.97 bits per heavy atom. The highest BCUT2D eigenvalue weighted by Crippen LogP contribution is 2.28. The van der Waals surface area contributed by atoms with Gasteiger partial charge in [0.15, 0.2) is 6.67 Å². The molecule has 8 heteroatoms. The van der Waals surface area contributed by atoms with E-state index < -0.39 is 0 Å². The maximum Gasteiger partial charge on any atom is 0.292 e. The van der Waals surface area contributed by atoms with Gasteiger partial charge in [-0.3, -0.25) is 4.79 Å². The fourth-order valence-corrected chi connectivity index (χ4v) is 3.20. The molecule has 1 aromatic heterocycles. The lowest BCUT2D eigenvalue weighted by Gasteiger charge is -2.13. The van der Waals surface area contributed by atoms with E-state index in [0.717, 1.165) is 23.4 Å². The molecule has 0 spiro atoms. The summed E-state index contributed by atoms with van der Waals surface area (Å²) in [6.45, 7) is 3.80. The minimum atomic E-state index is -0.0917. The average molecular weight is 414 g/mol. The summed E-state index contributed by atoms with van der Waals surface area (Å²) in [5.41, 5.74) is 2.54. The smallest absolute Gasteiger partial charge is 0.292 e. The fourth-order valence-electron chi connectivity index (χ4n) is 3.02. The van der Waals surface area contributed by atoms with Crippen molar-refractivity contribution in [3.8, 4) is 17.2 Å². The predicted octanol–water partition coefficient (Wildman–Crippen LogP) is 2.30. The van der Waals surface area contributed by atoms with Gasteiger partial charge in [-0.25, -0.2) is 0 Å². The number of carbonyl (C=O) groups is 1. The summed E-state index contributed by atoms with van der Waals surface area (Å²) < 4.78 is 13.1. The van der Waals surface area contributed by atoms with Crippen LogP contribution in [0.3, 0.4) is 0 Å². The Balaban J connectivity index is 1.71. The standard InChI is InChI=1S/C21H24N4O3S/c1-4-27-18-8-6-5-7-17(18)20-23-25(21(29)28-20)14-24(3)13-15-9-11-16(12-10-15)19(26)22-2/h5-12H,4,13-14H2,1-3H3,(H,22,26)/p+1. The molecule has 3 aromatic rings. The third-order valence-corrected chi connectivity index (χ3v) is 4.69. The molecule has 29 heavy (non-hydrogen) atoms. The number of hydrogen-bond donors (Lipinski definition) is 2. The highest BCUT2D eigenvalue weighted by atomic mass is 32.1. The van der Waals surface area contributed by atoms with E-state index in [1.807, 2.05) is 55.5 Å². The Morgan fingerprint density at radius 1 is 1.24 bits per heavy atom. The summed E-state index contributed by atoms with van der Waals surface area (Å²) in [7, 11) is 3.67. The minimum Gasteiger partial charge on any atom is -0.493 e. The number of benzene rings is 2. The highest BCUT2D eigenvalue weighted by molar-refractivity contribution is 7.71. The van der Waals surface area contributed by atoms with Crippen LogP contribution in [0, 0.1) is 4.84 Å².